The molecule has 0 aliphatic carbocycles. The molecule has 0 amide bonds. The smallest absolute Gasteiger partial charge is 0.300 e. The summed E-state index contributed by atoms with van der Waals surface area (Å²) in [6.07, 6.45) is 6.99. The minimum absolute atomic E-state index is 0.833. The van der Waals surface area contributed by atoms with E-state index in [1.54, 1.807) is 0 Å². The summed E-state index contributed by atoms with van der Waals surface area (Å²) in [6.45, 7) is 9.31. The van der Waals surface area contributed by atoms with Crippen LogP contribution in [-0.4, -0.2) is 17.3 Å². The number of allylic oxidation sites excluding steroid dienone is 4. The van der Waals surface area contributed by atoms with Gasteiger partial charge in [-0.25, -0.2) is 0 Å². The molecule has 0 rings (SSSR count). The fraction of sp³-hybridized carbons (Fsp3) is 0.500. The van der Waals surface area contributed by atoms with Gasteiger partial charge in [-0.3, -0.25) is 9.79 Å². The Bertz CT molecular complexity index is 259. The molecule has 0 aromatic heterocycles. The molecule has 0 spiro atoms. The molecule has 0 bridgehead atoms. The average molecular weight is 211 g/mol. The first-order valence-corrected chi connectivity index (χ1v) is 4.96. The number of aliphatic carboxylic acids is 1. The molecule has 0 radical (unpaired) electrons. The van der Waals surface area contributed by atoms with Gasteiger partial charge in [-0.15, -0.1) is 0 Å². The van der Waals surface area contributed by atoms with Crippen molar-refractivity contribution < 1.29 is 9.90 Å². The molecule has 0 saturated heterocycles. The van der Waals surface area contributed by atoms with E-state index in [2.05, 4.69) is 18.8 Å². The molecular formula is C12H21NO2. The molecule has 3 nitrogen and oxygen atoms in total. The van der Waals surface area contributed by atoms with Crippen molar-refractivity contribution in [2.24, 2.45) is 4.99 Å². The van der Waals surface area contributed by atoms with Crippen molar-refractivity contribution >= 4 is 12.2 Å². The van der Waals surface area contributed by atoms with Gasteiger partial charge in [0.05, 0.1) is 0 Å². The van der Waals surface area contributed by atoms with Crippen molar-refractivity contribution in [3.8, 4) is 0 Å². The molecular weight excluding hydrogens is 190 g/mol. The van der Waals surface area contributed by atoms with Gasteiger partial charge >= 0.3 is 0 Å². The standard InChI is InChI=1S/C10H17N.C2H4O2/c1-5-9(3)7-8-11-10(4)6-2;1-2(3)4/h6-8H,5H2,1-4H3;1H3,(H,3,4)/b9-7+,10-6-,11-8+;. The Kier molecular flexibility index (Phi) is 11.5. The lowest BCUT2D eigenvalue weighted by molar-refractivity contribution is -0.134. The van der Waals surface area contributed by atoms with E-state index in [4.69, 9.17) is 9.90 Å². The van der Waals surface area contributed by atoms with Crippen LogP contribution in [0.5, 0.6) is 0 Å². The first-order chi connectivity index (χ1) is 6.93. The predicted octanol–water partition coefficient (Wildman–Crippen LogP) is 3.43. The molecule has 1 N–H and O–H groups in total. The molecule has 0 aliphatic rings. The highest BCUT2D eigenvalue weighted by Crippen LogP contribution is 1.96. The van der Waals surface area contributed by atoms with Gasteiger partial charge in [-0.1, -0.05) is 18.6 Å². The summed E-state index contributed by atoms with van der Waals surface area (Å²) in [5.41, 5.74) is 2.42. The highest BCUT2D eigenvalue weighted by molar-refractivity contribution is 5.72. The van der Waals surface area contributed by atoms with Crippen molar-refractivity contribution in [2.75, 3.05) is 0 Å². The SMILES string of the molecule is CC(=O)O.C\C=C(C)/N=C/C=C(\C)CC. The van der Waals surface area contributed by atoms with Crippen molar-refractivity contribution in [1.82, 2.24) is 0 Å². The number of hydrogen-bond acceptors (Lipinski definition) is 2. The first-order valence-electron chi connectivity index (χ1n) is 4.96. The monoisotopic (exact) mass is 211 g/mol. The summed E-state index contributed by atoms with van der Waals surface area (Å²) in [7, 11) is 0. The van der Waals surface area contributed by atoms with E-state index >= 15 is 0 Å². The Morgan fingerprint density at radius 3 is 2.13 bits per heavy atom. The third kappa shape index (κ3) is 19.2. The second kappa shape index (κ2) is 10.7. The van der Waals surface area contributed by atoms with E-state index in [0.717, 1.165) is 19.0 Å². The van der Waals surface area contributed by atoms with Crippen LogP contribution in [0.4, 0.5) is 0 Å². The Hall–Kier alpha value is -1.38. The minimum atomic E-state index is -0.833. The molecule has 0 fully saturated rings. The molecule has 0 unspecified atom stereocenters. The second-order valence-electron chi connectivity index (χ2n) is 3.09. The average Bonchev–Trinajstić information content (AvgIpc) is 2.16. The van der Waals surface area contributed by atoms with E-state index in [1.165, 1.54) is 5.57 Å². The molecule has 0 saturated carbocycles. The van der Waals surface area contributed by atoms with E-state index in [-0.39, 0.29) is 0 Å². The summed E-state index contributed by atoms with van der Waals surface area (Å²) in [6, 6.07) is 0. The molecule has 0 heterocycles. The maximum absolute atomic E-state index is 9.00. The zero-order chi connectivity index (χ0) is 12.3. The number of hydrogen-bond donors (Lipinski definition) is 1. The van der Waals surface area contributed by atoms with Crippen LogP contribution in [0, 0.1) is 0 Å². The van der Waals surface area contributed by atoms with Gasteiger partial charge in [0, 0.05) is 18.8 Å². The van der Waals surface area contributed by atoms with Gasteiger partial charge in [0.25, 0.3) is 5.97 Å². The molecule has 15 heavy (non-hydrogen) atoms. The van der Waals surface area contributed by atoms with Gasteiger partial charge in [-0.05, 0) is 33.3 Å². The number of carboxylic acid groups (broad SMARTS) is 1. The van der Waals surface area contributed by atoms with Gasteiger partial charge in [-0.2, -0.15) is 0 Å². The zero-order valence-electron chi connectivity index (χ0n) is 10.2. The van der Waals surface area contributed by atoms with Gasteiger partial charge in [0.1, 0.15) is 0 Å². The maximum Gasteiger partial charge on any atom is 0.300 e. The zero-order valence-corrected chi connectivity index (χ0v) is 10.2. The predicted molar refractivity (Wildman–Crippen MR) is 65.3 cm³/mol. The van der Waals surface area contributed by atoms with E-state index in [0.29, 0.717) is 0 Å². The van der Waals surface area contributed by atoms with Gasteiger partial charge in [0.15, 0.2) is 0 Å². The normalized spacial score (nSPS) is 12.3. The van der Waals surface area contributed by atoms with E-state index in [9.17, 15) is 0 Å². The minimum Gasteiger partial charge on any atom is -0.481 e. The number of rotatable bonds is 3. The third-order valence-corrected chi connectivity index (χ3v) is 1.61. The number of carboxylic acids is 1. The molecule has 86 valence electrons. The molecule has 0 aromatic rings. The van der Waals surface area contributed by atoms with Crippen molar-refractivity contribution in [3.63, 3.8) is 0 Å². The largest absolute Gasteiger partial charge is 0.481 e. The van der Waals surface area contributed by atoms with Gasteiger partial charge in [0.2, 0.25) is 0 Å². The maximum atomic E-state index is 9.00. The Balaban J connectivity index is 0. The van der Waals surface area contributed by atoms with Gasteiger partial charge < -0.3 is 5.11 Å². The molecule has 0 atom stereocenters. The Labute approximate surface area is 92.2 Å². The van der Waals surface area contributed by atoms with Crippen molar-refractivity contribution in [2.45, 2.75) is 41.0 Å². The van der Waals surface area contributed by atoms with Crippen molar-refractivity contribution in [1.29, 1.82) is 0 Å². The Morgan fingerprint density at radius 1 is 1.33 bits per heavy atom. The van der Waals surface area contributed by atoms with Crippen LogP contribution < -0.4 is 0 Å². The first kappa shape index (κ1) is 16.1. The molecule has 3 heteroatoms. The summed E-state index contributed by atoms with van der Waals surface area (Å²) < 4.78 is 0. The van der Waals surface area contributed by atoms with Crippen LogP contribution >= 0.6 is 0 Å². The third-order valence-electron chi connectivity index (χ3n) is 1.61. The molecule has 0 aromatic carbocycles. The van der Waals surface area contributed by atoms with E-state index < -0.39 is 5.97 Å². The summed E-state index contributed by atoms with van der Waals surface area (Å²) >= 11 is 0. The fourth-order valence-corrected chi connectivity index (χ4v) is 0.474. The summed E-state index contributed by atoms with van der Waals surface area (Å²) in [5, 5.41) is 7.42. The van der Waals surface area contributed by atoms with Crippen LogP contribution in [0.15, 0.2) is 28.4 Å². The van der Waals surface area contributed by atoms with Crippen LogP contribution in [0.3, 0.4) is 0 Å². The number of aliphatic imine (C=N–C) groups is 1. The van der Waals surface area contributed by atoms with Crippen LogP contribution in [-0.2, 0) is 4.79 Å². The fourth-order valence-electron chi connectivity index (χ4n) is 0.474. The van der Waals surface area contributed by atoms with E-state index in [1.807, 2.05) is 32.2 Å². The Morgan fingerprint density at radius 2 is 1.80 bits per heavy atom. The highest BCUT2D eigenvalue weighted by Gasteiger charge is 1.79. The lowest BCUT2D eigenvalue weighted by atomic mass is 10.2. The number of nitrogens with zero attached hydrogens (tertiary/aromatic N) is 1. The lowest BCUT2D eigenvalue weighted by Gasteiger charge is -1.89. The van der Waals surface area contributed by atoms with Crippen LogP contribution in [0.2, 0.25) is 0 Å². The summed E-state index contributed by atoms with van der Waals surface area (Å²) in [5.74, 6) is -0.833. The highest BCUT2D eigenvalue weighted by atomic mass is 16.4. The topological polar surface area (TPSA) is 49.7 Å². The summed E-state index contributed by atoms with van der Waals surface area (Å²) in [4.78, 5) is 13.2. The quantitative estimate of drug-likeness (QED) is 0.727. The second-order valence-corrected chi connectivity index (χ2v) is 3.09. The van der Waals surface area contributed by atoms with Crippen LogP contribution in [0.1, 0.15) is 41.0 Å². The molecule has 0 aliphatic heterocycles. The lowest BCUT2D eigenvalue weighted by Crippen LogP contribution is -1.78. The van der Waals surface area contributed by atoms with Crippen molar-refractivity contribution in [3.05, 3.63) is 23.4 Å². The number of carbonyl (C=O) groups is 1. The van der Waals surface area contributed by atoms with Crippen LogP contribution in [0.25, 0.3) is 0 Å².